The van der Waals surface area contributed by atoms with Crippen molar-refractivity contribution in [3.63, 3.8) is 0 Å². The normalized spacial score (nSPS) is 12.2. The molecule has 0 spiro atoms. The van der Waals surface area contributed by atoms with E-state index < -0.39 is 24.0 Å². The summed E-state index contributed by atoms with van der Waals surface area (Å²) in [5, 5.41) is 25.1. The molecule has 0 unspecified atom stereocenters. The summed E-state index contributed by atoms with van der Waals surface area (Å²) in [5.74, 6) is -2.30. The minimum atomic E-state index is -4.83. The molecule has 192 valence electrons. The molecule has 2 aromatic heterocycles. The van der Waals surface area contributed by atoms with E-state index >= 15 is 0 Å². The Morgan fingerprint density at radius 1 is 1.16 bits per heavy atom. The fraction of sp³-hybridized carbons (Fsp3) is 0.174. The minimum Gasteiger partial charge on any atom is -0.412 e. The number of nitrogens with one attached hydrogen (secondary N) is 3. The molecular weight excluding hydrogens is 515 g/mol. The molecule has 2 heterocycles. The third-order valence-electron chi connectivity index (χ3n) is 5.08. The van der Waals surface area contributed by atoms with Gasteiger partial charge in [-0.3, -0.25) is 4.79 Å². The van der Waals surface area contributed by atoms with Crippen molar-refractivity contribution in [2.45, 2.75) is 12.2 Å². The van der Waals surface area contributed by atoms with Crippen molar-refractivity contribution in [1.82, 2.24) is 25.5 Å². The lowest BCUT2D eigenvalue weighted by Crippen LogP contribution is -2.18. The molecule has 0 bridgehead atoms. The smallest absolute Gasteiger partial charge is 0.412 e. The zero-order chi connectivity index (χ0) is 26.6. The molecule has 0 saturated carbocycles. The van der Waals surface area contributed by atoms with Crippen LogP contribution < -0.4 is 16.0 Å². The van der Waals surface area contributed by atoms with Crippen molar-refractivity contribution in [2.75, 3.05) is 24.3 Å². The van der Waals surface area contributed by atoms with Crippen molar-refractivity contribution >= 4 is 35.0 Å². The number of aromatic nitrogens is 4. The van der Waals surface area contributed by atoms with E-state index in [0.717, 1.165) is 0 Å². The van der Waals surface area contributed by atoms with Gasteiger partial charge in [0.15, 0.2) is 0 Å². The van der Waals surface area contributed by atoms with E-state index in [9.17, 15) is 23.1 Å². The number of aliphatic hydroxyl groups is 1. The first-order valence-corrected chi connectivity index (χ1v) is 11.1. The largest absolute Gasteiger partial charge is 0.470 e. The number of rotatable bonds is 8. The fourth-order valence-electron chi connectivity index (χ4n) is 3.28. The van der Waals surface area contributed by atoms with E-state index in [4.69, 9.17) is 16.0 Å². The van der Waals surface area contributed by atoms with Gasteiger partial charge >= 0.3 is 12.1 Å². The van der Waals surface area contributed by atoms with Crippen LogP contribution in [0.4, 0.5) is 30.6 Å². The lowest BCUT2D eigenvalue weighted by Gasteiger charge is -2.19. The first-order chi connectivity index (χ1) is 17.7. The summed E-state index contributed by atoms with van der Waals surface area (Å²) in [6.07, 6.45) is -3.63. The maximum Gasteiger partial charge on any atom is 0.470 e. The highest BCUT2D eigenvalue weighted by Gasteiger charge is 2.38. The third kappa shape index (κ3) is 5.95. The molecule has 1 amide bonds. The van der Waals surface area contributed by atoms with Crippen molar-refractivity contribution in [1.29, 1.82) is 0 Å². The summed E-state index contributed by atoms with van der Waals surface area (Å²) in [6, 6.07) is 12.8. The van der Waals surface area contributed by atoms with Crippen LogP contribution in [0.5, 0.6) is 0 Å². The number of benzene rings is 2. The third-order valence-corrected chi connectivity index (χ3v) is 5.39. The quantitative estimate of drug-likeness (QED) is 0.259. The number of aliphatic hydroxyl groups excluding tert-OH is 1. The molecule has 2 aromatic carbocycles. The van der Waals surface area contributed by atoms with Crippen molar-refractivity contribution in [3.8, 4) is 11.5 Å². The van der Waals surface area contributed by atoms with Gasteiger partial charge in [0.1, 0.15) is 5.82 Å². The SMILES string of the molecule is CNC(=O)c1ccc(Nc2ncc(-c3nnc(C(F)(F)F)o3)c(N[C@H](CO)c3ccccc3)n2)cc1Cl. The summed E-state index contributed by atoms with van der Waals surface area (Å²) in [6.45, 7) is -0.357. The van der Waals surface area contributed by atoms with Gasteiger partial charge in [-0.25, -0.2) is 4.98 Å². The van der Waals surface area contributed by atoms with Gasteiger partial charge < -0.3 is 25.5 Å². The predicted molar refractivity (Wildman–Crippen MR) is 128 cm³/mol. The number of hydrogen-bond donors (Lipinski definition) is 4. The maximum absolute atomic E-state index is 13.0. The van der Waals surface area contributed by atoms with Gasteiger partial charge in [0.25, 0.3) is 11.8 Å². The van der Waals surface area contributed by atoms with Gasteiger partial charge in [-0.2, -0.15) is 18.2 Å². The minimum absolute atomic E-state index is 0.0177. The Kier molecular flexibility index (Phi) is 7.55. The van der Waals surface area contributed by atoms with Crippen LogP contribution >= 0.6 is 11.6 Å². The molecule has 37 heavy (non-hydrogen) atoms. The molecule has 1 atom stereocenters. The number of alkyl halides is 3. The second-order valence-corrected chi connectivity index (χ2v) is 7.96. The molecule has 4 rings (SSSR count). The average molecular weight is 534 g/mol. The summed E-state index contributed by atoms with van der Waals surface area (Å²) < 4.78 is 43.9. The van der Waals surface area contributed by atoms with Crippen LogP contribution in [0.3, 0.4) is 0 Å². The second-order valence-electron chi connectivity index (χ2n) is 7.55. The van der Waals surface area contributed by atoms with E-state index in [0.29, 0.717) is 11.3 Å². The first-order valence-electron chi connectivity index (χ1n) is 10.7. The lowest BCUT2D eigenvalue weighted by molar-refractivity contribution is -0.156. The Morgan fingerprint density at radius 2 is 1.92 bits per heavy atom. The molecule has 4 aromatic rings. The highest BCUT2D eigenvalue weighted by molar-refractivity contribution is 6.34. The van der Waals surface area contributed by atoms with Crippen LogP contribution in [-0.2, 0) is 6.18 Å². The first kappa shape index (κ1) is 25.9. The van der Waals surface area contributed by atoms with Gasteiger partial charge in [0.2, 0.25) is 5.95 Å². The number of carbonyl (C=O) groups is 1. The maximum atomic E-state index is 13.0. The summed E-state index contributed by atoms with van der Waals surface area (Å²) in [7, 11) is 1.48. The van der Waals surface area contributed by atoms with Crippen molar-refractivity contribution < 1.29 is 27.5 Å². The van der Waals surface area contributed by atoms with E-state index in [2.05, 4.69) is 36.1 Å². The highest BCUT2D eigenvalue weighted by atomic mass is 35.5. The van der Waals surface area contributed by atoms with Crippen LogP contribution in [0.25, 0.3) is 11.5 Å². The Hall–Kier alpha value is -4.23. The Morgan fingerprint density at radius 3 is 2.54 bits per heavy atom. The summed E-state index contributed by atoms with van der Waals surface area (Å²) >= 11 is 6.20. The molecule has 0 fully saturated rings. The standard InChI is InChI=1S/C23H19ClF3N7O3/c1-28-19(36)14-8-7-13(9-16(14)24)30-22-29-10-15(20-33-34-21(37-20)23(25,26)27)18(32-22)31-17(11-35)12-5-3-2-4-6-12/h2-10,17,35H,11H2,1H3,(H,28,36)(H2,29,30,31,32)/t17-/m1/s1. The number of nitrogens with zero attached hydrogens (tertiary/aromatic N) is 4. The second kappa shape index (κ2) is 10.8. The van der Waals surface area contributed by atoms with Crippen LogP contribution in [0.15, 0.2) is 59.1 Å². The molecule has 0 aliphatic carbocycles. The molecule has 0 radical (unpaired) electrons. The van der Waals surface area contributed by atoms with Crippen molar-refractivity contribution in [2.24, 2.45) is 0 Å². The van der Waals surface area contributed by atoms with Gasteiger partial charge in [-0.1, -0.05) is 41.9 Å². The molecule has 14 heteroatoms. The van der Waals surface area contributed by atoms with Crippen LogP contribution in [0.1, 0.15) is 27.9 Å². The summed E-state index contributed by atoms with van der Waals surface area (Å²) in [4.78, 5) is 20.4. The van der Waals surface area contributed by atoms with Gasteiger partial charge in [-0.05, 0) is 23.8 Å². The monoisotopic (exact) mass is 533 g/mol. The Labute approximate surface area is 212 Å². The Balaban J connectivity index is 1.70. The molecule has 4 N–H and O–H groups in total. The Bertz CT molecular complexity index is 1400. The number of halogens is 4. The van der Waals surface area contributed by atoms with E-state index in [1.807, 2.05) is 0 Å². The van der Waals surface area contributed by atoms with Crippen LogP contribution in [0.2, 0.25) is 5.02 Å². The summed E-state index contributed by atoms with van der Waals surface area (Å²) in [5.41, 5.74) is 1.38. The zero-order valence-corrected chi connectivity index (χ0v) is 19.8. The lowest BCUT2D eigenvalue weighted by atomic mass is 10.1. The van der Waals surface area contributed by atoms with Gasteiger partial charge in [0, 0.05) is 18.9 Å². The highest BCUT2D eigenvalue weighted by Crippen LogP contribution is 2.34. The van der Waals surface area contributed by atoms with Gasteiger partial charge in [0.05, 0.1) is 28.8 Å². The van der Waals surface area contributed by atoms with Crippen LogP contribution in [0, 0.1) is 0 Å². The predicted octanol–water partition coefficient (Wildman–Crippen LogP) is 4.45. The number of hydrogen-bond acceptors (Lipinski definition) is 9. The average Bonchev–Trinajstić information content (AvgIpc) is 3.38. The molecule has 0 aliphatic rings. The fourth-order valence-corrected chi connectivity index (χ4v) is 3.55. The molecule has 0 saturated heterocycles. The van der Waals surface area contributed by atoms with E-state index in [1.165, 1.54) is 25.4 Å². The van der Waals surface area contributed by atoms with E-state index in [-0.39, 0.29) is 40.4 Å². The number of anilines is 3. The number of amides is 1. The zero-order valence-electron chi connectivity index (χ0n) is 19.0. The molecular formula is C23H19ClF3N7O3. The van der Waals surface area contributed by atoms with Crippen molar-refractivity contribution in [3.05, 3.63) is 76.8 Å². The topological polar surface area (TPSA) is 138 Å². The molecule has 10 nitrogen and oxygen atoms in total. The van der Waals surface area contributed by atoms with E-state index in [1.54, 1.807) is 36.4 Å². The molecule has 0 aliphatic heterocycles. The van der Waals surface area contributed by atoms with Gasteiger partial charge in [-0.15, -0.1) is 10.2 Å². The number of carbonyl (C=O) groups excluding carboxylic acids is 1. The van der Waals surface area contributed by atoms with Crippen LogP contribution in [-0.4, -0.2) is 44.8 Å².